The Kier molecular flexibility index (Phi) is 8.37. The zero-order valence-corrected chi connectivity index (χ0v) is 20.3. The van der Waals surface area contributed by atoms with Crippen molar-refractivity contribution in [1.29, 1.82) is 0 Å². The molecular formula is C32H39F. The second kappa shape index (κ2) is 11.6. The minimum atomic E-state index is -0.108. The van der Waals surface area contributed by atoms with Crippen molar-refractivity contribution in [2.45, 2.75) is 77.6 Å². The van der Waals surface area contributed by atoms with Gasteiger partial charge in [-0.2, -0.15) is 0 Å². The molecule has 0 aromatic heterocycles. The van der Waals surface area contributed by atoms with Crippen LogP contribution in [0.1, 0.15) is 75.8 Å². The summed E-state index contributed by atoms with van der Waals surface area (Å²) in [4.78, 5) is 0. The van der Waals surface area contributed by atoms with Crippen molar-refractivity contribution in [2.24, 2.45) is 11.8 Å². The first kappa shape index (κ1) is 23.7. The molecule has 4 rings (SSSR count). The highest BCUT2D eigenvalue weighted by Crippen LogP contribution is 2.35. The third-order valence-corrected chi connectivity index (χ3v) is 7.69. The standard InChI is InChI=1S/C32H39F/c1-3-5-7-24-9-11-26(12-10-24)13-14-27-17-21-31-29(23-27)20-22-30(32(31)33)28-18-15-25(16-19-28)8-6-4-2/h4,15-24,26H,2-3,5-14H2,1H3/t24-,26-. The Labute approximate surface area is 199 Å². The second-order valence-corrected chi connectivity index (χ2v) is 10.1. The van der Waals surface area contributed by atoms with E-state index in [4.69, 9.17) is 0 Å². The molecular weight excluding hydrogens is 403 g/mol. The van der Waals surface area contributed by atoms with Gasteiger partial charge in [0.05, 0.1) is 0 Å². The molecule has 33 heavy (non-hydrogen) atoms. The average molecular weight is 443 g/mol. The third-order valence-electron chi connectivity index (χ3n) is 7.69. The van der Waals surface area contributed by atoms with E-state index in [-0.39, 0.29) is 5.82 Å². The molecule has 0 saturated heterocycles. The summed E-state index contributed by atoms with van der Waals surface area (Å²) in [5.41, 5.74) is 4.23. The number of rotatable bonds is 10. The predicted octanol–water partition coefficient (Wildman–Crippen LogP) is 9.69. The summed E-state index contributed by atoms with van der Waals surface area (Å²) >= 11 is 0. The molecule has 0 spiro atoms. The fraction of sp³-hybridized carbons (Fsp3) is 0.438. The number of allylic oxidation sites excluding steroid dienone is 1. The van der Waals surface area contributed by atoms with Gasteiger partial charge in [0.25, 0.3) is 0 Å². The Bertz CT molecular complexity index is 1040. The summed E-state index contributed by atoms with van der Waals surface area (Å²) in [7, 11) is 0. The smallest absolute Gasteiger partial charge is 0.138 e. The van der Waals surface area contributed by atoms with Gasteiger partial charge in [-0.3, -0.25) is 0 Å². The van der Waals surface area contributed by atoms with Crippen molar-refractivity contribution in [3.63, 3.8) is 0 Å². The number of hydrogen-bond donors (Lipinski definition) is 0. The van der Waals surface area contributed by atoms with Crippen LogP contribution >= 0.6 is 0 Å². The quantitative estimate of drug-likeness (QED) is 0.274. The number of halogens is 1. The maximum atomic E-state index is 15.4. The molecule has 3 aromatic rings. The van der Waals surface area contributed by atoms with E-state index in [1.165, 1.54) is 62.5 Å². The SMILES string of the molecule is C=CCCc1ccc(-c2ccc3cc(CC[C@H]4CC[C@H](CCCC)CC4)ccc3c2F)cc1. The molecule has 0 unspecified atom stereocenters. The first-order valence-corrected chi connectivity index (χ1v) is 13.1. The van der Waals surface area contributed by atoms with Gasteiger partial charge in [-0.05, 0) is 59.6 Å². The molecule has 1 saturated carbocycles. The third kappa shape index (κ3) is 6.14. The van der Waals surface area contributed by atoms with E-state index in [1.54, 1.807) is 0 Å². The van der Waals surface area contributed by atoms with Crippen LogP contribution in [0.4, 0.5) is 4.39 Å². The van der Waals surface area contributed by atoms with Crippen molar-refractivity contribution in [3.8, 4) is 11.1 Å². The molecule has 1 fully saturated rings. The Morgan fingerprint density at radius 1 is 0.848 bits per heavy atom. The summed E-state index contributed by atoms with van der Waals surface area (Å²) in [5, 5.41) is 1.74. The van der Waals surface area contributed by atoms with Gasteiger partial charge in [0.15, 0.2) is 0 Å². The second-order valence-electron chi connectivity index (χ2n) is 10.1. The van der Waals surface area contributed by atoms with Gasteiger partial charge < -0.3 is 0 Å². The lowest BCUT2D eigenvalue weighted by atomic mass is 9.78. The van der Waals surface area contributed by atoms with Crippen LogP contribution in [-0.4, -0.2) is 0 Å². The molecule has 0 atom stereocenters. The van der Waals surface area contributed by atoms with E-state index in [0.29, 0.717) is 5.56 Å². The van der Waals surface area contributed by atoms with Crippen molar-refractivity contribution in [3.05, 3.63) is 84.2 Å². The molecule has 0 N–H and O–H groups in total. The van der Waals surface area contributed by atoms with E-state index >= 15 is 4.39 Å². The predicted molar refractivity (Wildman–Crippen MR) is 141 cm³/mol. The number of aryl methyl sites for hydroxylation is 2. The molecule has 0 nitrogen and oxygen atoms in total. The molecule has 174 valence electrons. The van der Waals surface area contributed by atoms with Gasteiger partial charge in [0.2, 0.25) is 0 Å². The van der Waals surface area contributed by atoms with E-state index in [1.807, 2.05) is 30.3 Å². The summed E-state index contributed by atoms with van der Waals surface area (Å²) in [5.74, 6) is 1.73. The zero-order chi connectivity index (χ0) is 23.0. The lowest BCUT2D eigenvalue weighted by Crippen LogP contribution is -2.15. The van der Waals surface area contributed by atoms with Gasteiger partial charge in [-0.25, -0.2) is 4.39 Å². The fourth-order valence-electron chi connectivity index (χ4n) is 5.51. The minimum absolute atomic E-state index is 0.108. The highest BCUT2D eigenvalue weighted by atomic mass is 19.1. The minimum Gasteiger partial charge on any atom is -0.206 e. The topological polar surface area (TPSA) is 0 Å². The number of unbranched alkanes of at least 4 members (excludes halogenated alkanes) is 1. The van der Waals surface area contributed by atoms with Crippen LogP contribution in [0.25, 0.3) is 21.9 Å². The molecule has 0 radical (unpaired) electrons. The summed E-state index contributed by atoms with van der Waals surface area (Å²) in [6.07, 6.45) is 16.0. The summed E-state index contributed by atoms with van der Waals surface area (Å²) < 4.78 is 15.4. The van der Waals surface area contributed by atoms with Crippen LogP contribution in [0.5, 0.6) is 0 Å². The monoisotopic (exact) mass is 442 g/mol. The number of hydrogen-bond acceptors (Lipinski definition) is 0. The van der Waals surface area contributed by atoms with Crippen molar-refractivity contribution >= 4 is 10.8 Å². The fourth-order valence-corrected chi connectivity index (χ4v) is 5.51. The first-order chi connectivity index (χ1) is 16.2. The maximum Gasteiger partial charge on any atom is 0.138 e. The van der Waals surface area contributed by atoms with Crippen LogP contribution < -0.4 is 0 Å². The summed E-state index contributed by atoms with van der Waals surface area (Å²) in [6.45, 7) is 6.08. The first-order valence-electron chi connectivity index (χ1n) is 13.1. The molecule has 0 aliphatic heterocycles. The molecule has 1 aliphatic carbocycles. The molecule has 1 aliphatic rings. The summed E-state index contributed by atoms with van der Waals surface area (Å²) in [6, 6.07) is 18.6. The van der Waals surface area contributed by atoms with Crippen LogP contribution in [0.3, 0.4) is 0 Å². The molecule has 0 bridgehead atoms. The van der Waals surface area contributed by atoms with Gasteiger partial charge in [-0.15, -0.1) is 6.58 Å². The average Bonchev–Trinajstić information content (AvgIpc) is 2.86. The normalized spacial score (nSPS) is 18.5. The molecule has 3 aromatic carbocycles. The number of benzene rings is 3. The maximum absolute atomic E-state index is 15.4. The Morgan fingerprint density at radius 3 is 2.24 bits per heavy atom. The van der Waals surface area contributed by atoms with Gasteiger partial charge in [-0.1, -0.05) is 113 Å². The molecule has 1 heteroatoms. The lowest BCUT2D eigenvalue weighted by molar-refractivity contribution is 0.250. The number of fused-ring (bicyclic) bond motifs is 1. The lowest BCUT2D eigenvalue weighted by Gasteiger charge is -2.28. The van der Waals surface area contributed by atoms with E-state index in [2.05, 4.69) is 43.8 Å². The van der Waals surface area contributed by atoms with Crippen molar-refractivity contribution in [1.82, 2.24) is 0 Å². The van der Waals surface area contributed by atoms with Crippen molar-refractivity contribution < 1.29 is 4.39 Å². The Balaban J connectivity index is 1.39. The molecule has 0 heterocycles. The highest BCUT2D eigenvalue weighted by Gasteiger charge is 2.20. The van der Waals surface area contributed by atoms with Gasteiger partial charge in [0, 0.05) is 10.9 Å². The van der Waals surface area contributed by atoms with Gasteiger partial charge >= 0.3 is 0 Å². The van der Waals surface area contributed by atoms with Crippen LogP contribution in [0, 0.1) is 17.7 Å². The molecule has 0 amide bonds. The zero-order valence-electron chi connectivity index (χ0n) is 20.3. The van der Waals surface area contributed by atoms with E-state index < -0.39 is 0 Å². The Morgan fingerprint density at radius 2 is 1.55 bits per heavy atom. The van der Waals surface area contributed by atoms with Crippen LogP contribution in [0.2, 0.25) is 0 Å². The largest absolute Gasteiger partial charge is 0.206 e. The Hall–Kier alpha value is -2.41. The van der Waals surface area contributed by atoms with E-state index in [9.17, 15) is 0 Å². The van der Waals surface area contributed by atoms with Crippen LogP contribution in [0.15, 0.2) is 67.3 Å². The highest BCUT2D eigenvalue weighted by molar-refractivity contribution is 5.88. The van der Waals surface area contributed by atoms with Crippen molar-refractivity contribution in [2.75, 3.05) is 0 Å². The van der Waals surface area contributed by atoms with Crippen LogP contribution in [-0.2, 0) is 12.8 Å². The van der Waals surface area contributed by atoms with E-state index in [0.717, 1.165) is 47.4 Å². The van der Waals surface area contributed by atoms with Gasteiger partial charge in [0.1, 0.15) is 5.82 Å².